The maximum atomic E-state index is 4.78. The highest BCUT2D eigenvalue weighted by Gasteiger charge is 1.67. The third-order valence-electron chi connectivity index (χ3n) is 0.575. The van der Waals surface area contributed by atoms with Gasteiger partial charge in [0.2, 0.25) is 0 Å². The molecule has 0 saturated carbocycles. The van der Waals surface area contributed by atoms with E-state index in [2.05, 4.69) is 6.92 Å². The smallest absolute Gasteiger partial charge is 0.0670 e. The van der Waals surface area contributed by atoms with Gasteiger partial charge in [0.05, 0.1) is 0 Å². The Hall–Kier alpha value is 0.350. The van der Waals surface area contributed by atoms with Crippen LogP contribution in [0.25, 0.3) is 0 Å². The van der Waals surface area contributed by atoms with Gasteiger partial charge in [-0.3, -0.25) is 0 Å². The van der Waals surface area contributed by atoms with Crippen LogP contribution in [0.1, 0.15) is 20.3 Å². The summed E-state index contributed by atoms with van der Waals surface area (Å²) in [6, 6.07) is 0. The SMILES string of the molecule is CCC(C)[S-]. The van der Waals surface area contributed by atoms with Crippen molar-refractivity contribution in [3.05, 3.63) is 0 Å². The first-order valence-corrected chi connectivity index (χ1v) is 2.40. The van der Waals surface area contributed by atoms with Crippen molar-refractivity contribution in [2.75, 3.05) is 0 Å². The van der Waals surface area contributed by atoms with Crippen molar-refractivity contribution in [3.63, 3.8) is 0 Å². The summed E-state index contributed by atoms with van der Waals surface area (Å²) in [6.45, 7) is 4.13. The molecule has 0 amide bonds. The highest BCUT2D eigenvalue weighted by molar-refractivity contribution is 7.59. The fraction of sp³-hybridized carbons (Fsp3) is 1.00. The first kappa shape index (κ1) is 5.35. The summed E-state index contributed by atoms with van der Waals surface area (Å²) in [5.74, 6) is 0. The van der Waals surface area contributed by atoms with Gasteiger partial charge in [-0.05, 0) is 0 Å². The molecule has 0 aromatic carbocycles. The minimum atomic E-state index is 0.468. The van der Waals surface area contributed by atoms with E-state index in [4.69, 9.17) is 12.6 Å². The van der Waals surface area contributed by atoms with Crippen LogP contribution in [0, 0.1) is 0 Å². The van der Waals surface area contributed by atoms with Crippen LogP contribution in [0.15, 0.2) is 0 Å². The molecule has 0 saturated heterocycles. The number of rotatable bonds is 1. The average Bonchev–Trinajstić information content (AvgIpc) is 1.38. The molecule has 1 atom stereocenters. The summed E-state index contributed by atoms with van der Waals surface area (Å²) in [5, 5.41) is 0.468. The van der Waals surface area contributed by atoms with E-state index >= 15 is 0 Å². The third-order valence-corrected chi connectivity index (χ3v) is 0.908. The van der Waals surface area contributed by atoms with Gasteiger partial charge in [-0.2, -0.15) is 5.25 Å². The van der Waals surface area contributed by atoms with Crippen LogP contribution in [0.2, 0.25) is 0 Å². The zero-order valence-electron chi connectivity index (χ0n) is 3.69. The van der Waals surface area contributed by atoms with E-state index in [0.717, 1.165) is 6.42 Å². The van der Waals surface area contributed by atoms with Crippen molar-refractivity contribution in [1.29, 1.82) is 0 Å². The van der Waals surface area contributed by atoms with Gasteiger partial charge in [-0.1, -0.05) is 20.3 Å². The molecule has 0 fully saturated rings. The highest BCUT2D eigenvalue weighted by atomic mass is 32.1. The lowest BCUT2D eigenvalue weighted by molar-refractivity contribution is 0.912. The lowest BCUT2D eigenvalue weighted by atomic mass is 10.4. The first-order valence-electron chi connectivity index (χ1n) is 1.93. The van der Waals surface area contributed by atoms with Crippen LogP contribution in [0.3, 0.4) is 0 Å². The molecule has 0 aliphatic rings. The molecule has 0 rings (SSSR count). The van der Waals surface area contributed by atoms with E-state index in [0.29, 0.717) is 5.25 Å². The van der Waals surface area contributed by atoms with Crippen molar-refractivity contribution in [2.24, 2.45) is 0 Å². The normalized spacial score (nSPS) is 15.0. The summed E-state index contributed by atoms with van der Waals surface area (Å²) in [4.78, 5) is 0. The molecule has 0 aromatic rings. The Morgan fingerprint density at radius 3 is 2.00 bits per heavy atom. The Labute approximate surface area is 39.0 Å². The van der Waals surface area contributed by atoms with Crippen molar-refractivity contribution < 1.29 is 0 Å². The Morgan fingerprint density at radius 2 is 2.00 bits per heavy atom. The molecule has 5 heavy (non-hydrogen) atoms. The van der Waals surface area contributed by atoms with Crippen molar-refractivity contribution in [3.8, 4) is 0 Å². The topological polar surface area (TPSA) is 0 Å². The van der Waals surface area contributed by atoms with Gasteiger partial charge >= 0.3 is 0 Å². The van der Waals surface area contributed by atoms with Crippen molar-refractivity contribution in [1.82, 2.24) is 0 Å². The predicted octanol–water partition coefficient (Wildman–Crippen LogP) is 1.33. The van der Waals surface area contributed by atoms with E-state index < -0.39 is 0 Å². The third kappa shape index (κ3) is 4.35. The van der Waals surface area contributed by atoms with Gasteiger partial charge in [0.15, 0.2) is 0 Å². The Morgan fingerprint density at radius 1 is 1.80 bits per heavy atom. The maximum Gasteiger partial charge on any atom is -0.0670 e. The zero-order valence-corrected chi connectivity index (χ0v) is 4.51. The summed E-state index contributed by atoms with van der Waals surface area (Å²) in [5.41, 5.74) is 0. The van der Waals surface area contributed by atoms with E-state index in [1.165, 1.54) is 0 Å². The van der Waals surface area contributed by atoms with Gasteiger partial charge < -0.3 is 12.6 Å². The fourth-order valence-electron chi connectivity index (χ4n) is 0. The number of hydrogen-bond acceptors (Lipinski definition) is 1. The molecular weight excluding hydrogens is 80.1 g/mol. The predicted molar refractivity (Wildman–Crippen MR) is 27.1 cm³/mol. The summed E-state index contributed by atoms with van der Waals surface area (Å²) >= 11 is 4.78. The van der Waals surface area contributed by atoms with Crippen LogP contribution >= 0.6 is 0 Å². The Kier molecular flexibility index (Phi) is 2.76. The van der Waals surface area contributed by atoms with E-state index in [1.807, 2.05) is 6.92 Å². The monoisotopic (exact) mass is 89.0 g/mol. The Balaban J connectivity index is 2.54. The van der Waals surface area contributed by atoms with Crippen LogP contribution in [-0.4, -0.2) is 5.25 Å². The fourth-order valence-corrected chi connectivity index (χ4v) is 0. The minimum Gasteiger partial charge on any atom is -0.789 e. The van der Waals surface area contributed by atoms with E-state index in [9.17, 15) is 0 Å². The van der Waals surface area contributed by atoms with Gasteiger partial charge in [0.1, 0.15) is 0 Å². The van der Waals surface area contributed by atoms with E-state index in [1.54, 1.807) is 0 Å². The second kappa shape index (κ2) is 2.58. The first-order chi connectivity index (χ1) is 2.27. The molecule has 0 aliphatic heterocycles. The second-order valence-corrected chi connectivity index (χ2v) is 2.02. The van der Waals surface area contributed by atoms with E-state index in [-0.39, 0.29) is 0 Å². The minimum absolute atomic E-state index is 0.468. The largest absolute Gasteiger partial charge is 0.789 e. The Bertz CT molecular complexity index is 17.6. The molecule has 0 spiro atoms. The highest BCUT2D eigenvalue weighted by Crippen LogP contribution is 1.84. The number of hydrogen-bond donors (Lipinski definition) is 0. The van der Waals surface area contributed by atoms with Gasteiger partial charge in [-0.15, -0.1) is 0 Å². The van der Waals surface area contributed by atoms with Crippen LogP contribution in [0.4, 0.5) is 0 Å². The van der Waals surface area contributed by atoms with Gasteiger partial charge in [-0.25, -0.2) is 0 Å². The molecule has 0 radical (unpaired) electrons. The lowest BCUT2D eigenvalue weighted by Crippen LogP contribution is -1.88. The zero-order chi connectivity index (χ0) is 4.28. The van der Waals surface area contributed by atoms with Gasteiger partial charge in [0.25, 0.3) is 0 Å². The van der Waals surface area contributed by atoms with Crippen LogP contribution in [0.5, 0.6) is 0 Å². The molecule has 0 nitrogen and oxygen atoms in total. The molecule has 1 heteroatoms. The molecule has 0 bridgehead atoms. The quantitative estimate of drug-likeness (QED) is 0.437. The second-order valence-electron chi connectivity index (χ2n) is 1.22. The van der Waals surface area contributed by atoms with Crippen molar-refractivity contribution in [2.45, 2.75) is 25.5 Å². The van der Waals surface area contributed by atoms with Crippen molar-refractivity contribution >= 4 is 12.6 Å². The lowest BCUT2D eigenvalue weighted by Gasteiger charge is -2.09. The maximum absolute atomic E-state index is 4.78. The molecule has 1 unspecified atom stereocenters. The summed E-state index contributed by atoms with van der Waals surface area (Å²) in [6.07, 6.45) is 1.12. The summed E-state index contributed by atoms with van der Waals surface area (Å²) in [7, 11) is 0. The molecule has 0 heterocycles. The molecule has 0 N–H and O–H groups in total. The molecule has 32 valence electrons. The van der Waals surface area contributed by atoms with Crippen LogP contribution < -0.4 is 0 Å². The molecule has 0 aliphatic carbocycles. The summed E-state index contributed by atoms with van der Waals surface area (Å²) < 4.78 is 0. The molecular formula is C4H9S-. The van der Waals surface area contributed by atoms with Gasteiger partial charge in [0, 0.05) is 0 Å². The molecule has 0 aromatic heterocycles. The standard InChI is InChI=1S/C4H10S/c1-3-4(2)5/h4-5H,3H2,1-2H3/p-1. The average molecular weight is 89.2 g/mol. The van der Waals surface area contributed by atoms with Crippen LogP contribution in [-0.2, 0) is 12.6 Å².